The van der Waals surface area contributed by atoms with Gasteiger partial charge in [-0.25, -0.2) is 4.99 Å². The van der Waals surface area contributed by atoms with Crippen LogP contribution in [0.3, 0.4) is 0 Å². The van der Waals surface area contributed by atoms with Crippen LogP contribution in [0.25, 0.3) is 0 Å². The third-order valence-corrected chi connectivity index (χ3v) is 3.51. The summed E-state index contributed by atoms with van der Waals surface area (Å²) in [5.41, 5.74) is 1.23. The smallest absolute Gasteiger partial charge is 0.226 e. The van der Waals surface area contributed by atoms with Crippen molar-refractivity contribution in [3.05, 3.63) is 34.1 Å². The summed E-state index contributed by atoms with van der Waals surface area (Å²) in [5.74, 6) is 2.21. The summed E-state index contributed by atoms with van der Waals surface area (Å²) < 4.78 is 5.08. The topological polar surface area (TPSA) is 75.3 Å². The SMILES string of the molecule is CCNC(=NCc1ccsc1)NCCCc1nc(C)no1.I. The van der Waals surface area contributed by atoms with E-state index in [1.54, 1.807) is 11.3 Å². The van der Waals surface area contributed by atoms with Gasteiger partial charge in [-0.05, 0) is 42.7 Å². The second kappa shape index (κ2) is 10.5. The van der Waals surface area contributed by atoms with Crippen molar-refractivity contribution in [1.29, 1.82) is 0 Å². The second-order valence-electron chi connectivity index (χ2n) is 4.59. The van der Waals surface area contributed by atoms with Crippen LogP contribution in [0.4, 0.5) is 0 Å². The number of guanidine groups is 1. The van der Waals surface area contributed by atoms with E-state index in [1.807, 2.05) is 6.92 Å². The number of halogens is 1. The van der Waals surface area contributed by atoms with Crippen LogP contribution >= 0.6 is 35.3 Å². The molecule has 0 fully saturated rings. The fourth-order valence-corrected chi connectivity index (χ4v) is 2.44. The maximum Gasteiger partial charge on any atom is 0.226 e. The molecule has 2 N–H and O–H groups in total. The molecule has 2 heterocycles. The van der Waals surface area contributed by atoms with Crippen LogP contribution in [0, 0.1) is 6.92 Å². The van der Waals surface area contributed by atoms with Gasteiger partial charge in [-0.2, -0.15) is 16.3 Å². The first-order valence-corrected chi connectivity index (χ1v) is 8.04. The van der Waals surface area contributed by atoms with Gasteiger partial charge < -0.3 is 15.2 Å². The Morgan fingerprint density at radius 1 is 1.41 bits per heavy atom. The predicted molar refractivity (Wildman–Crippen MR) is 99.9 cm³/mol. The highest BCUT2D eigenvalue weighted by atomic mass is 127. The maximum atomic E-state index is 5.08. The van der Waals surface area contributed by atoms with E-state index in [0.717, 1.165) is 31.9 Å². The van der Waals surface area contributed by atoms with Crippen molar-refractivity contribution >= 4 is 41.3 Å². The number of hydrogen-bond donors (Lipinski definition) is 2. The number of nitrogens with zero attached hydrogens (tertiary/aromatic N) is 3. The van der Waals surface area contributed by atoms with E-state index in [0.29, 0.717) is 18.3 Å². The van der Waals surface area contributed by atoms with Crippen LogP contribution in [0.2, 0.25) is 0 Å². The molecule has 2 aromatic heterocycles. The molecule has 0 aliphatic carbocycles. The molecule has 8 heteroatoms. The zero-order valence-corrected chi connectivity index (χ0v) is 16.0. The molecule has 0 aliphatic rings. The van der Waals surface area contributed by atoms with Crippen LogP contribution in [0.15, 0.2) is 26.3 Å². The van der Waals surface area contributed by atoms with Gasteiger partial charge in [0.1, 0.15) is 0 Å². The van der Waals surface area contributed by atoms with Gasteiger partial charge >= 0.3 is 0 Å². The third-order valence-electron chi connectivity index (χ3n) is 2.77. The van der Waals surface area contributed by atoms with Gasteiger partial charge in [0, 0.05) is 19.5 Å². The average Bonchev–Trinajstić information content (AvgIpc) is 3.12. The molecule has 0 radical (unpaired) electrons. The number of hydrogen-bond acceptors (Lipinski definition) is 5. The fraction of sp³-hybridized carbons (Fsp3) is 0.500. The Balaban J connectivity index is 0.00000242. The lowest BCUT2D eigenvalue weighted by Crippen LogP contribution is -2.37. The van der Waals surface area contributed by atoms with Crippen LogP contribution < -0.4 is 10.6 Å². The van der Waals surface area contributed by atoms with Gasteiger partial charge in [0.15, 0.2) is 11.8 Å². The third kappa shape index (κ3) is 6.73. The molecule has 0 atom stereocenters. The van der Waals surface area contributed by atoms with Crippen LogP contribution in [0.5, 0.6) is 0 Å². The van der Waals surface area contributed by atoms with Crippen LogP contribution in [-0.4, -0.2) is 29.2 Å². The van der Waals surface area contributed by atoms with E-state index in [1.165, 1.54) is 5.56 Å². The molecule has 122 valence electrons. The van der Waals surface area contributed by atoms with E-state index >= 15 is 0 Å². The zero-order valence-electron chi connectivity index (χ0n) is 12.8. The summed E-state index contributed by atoms with van der Waals surface area (Å²) in [6, 6.07) is 2.09. The first-order valence-electron chi connectivity index (χ1n) is 7.10. The molecule has 0 aromatic carbocycles. The number of aromatic nitrogens is 2. The fourth-order valence-electron chi connectivity index (χ4n) is 1.78. The van der Waals surface area contributed by atoms with Gasteiger partial charge in [-0.1, -0.05) is 5.16 Å². The van der Waals surface area contributed by atoms with Crippen molar-refractivity contribution in [1.82, 2.24) is 20.8 Å². The number of aliphatic imine (C=N–C) groups is 1. The standard InChI is InChI=1S/C14H21N5OS.HI/c1-3-15-14(17-9-12-6-8-21-10-12)16-7-4-5-13-18-11(2)19-20-13;/h6,8,10H,3-5,7,9H2,1-2H3,(H2,15,16,17);1H. The molecule has 0 bridgehead atoms. The normalized spacial score (nSPS) is 11.1. The quantitative estimate of drug-likeness (QED) is 0.303. The number of nitrogens with one attached hydrogen (secondary N) is 2. The summed E-state index contributed by atoms with van der Waals surface area (Å²) in [4.78, 5) is 8.74. The van der Waals surface area contributed by atoms with Gasteiger partial charge in [0.05, 0.1) is 6.54 Å². The lowest BCUT2D eigenvalue weighted by molar-refractivity contribution is 0.372. The number of aryl methyl sites for hydroxylation is 2. The Hall–Kier alpha value is -1.16. The molecular formula is C14H22IN5OS. The zero-order chi connectivity index (χ0) is 14.9. The highest BCUT2D eigenvalue weighted by Gasteiger charge is 2.02. The first-order chi connectivity index (χ1) is 10.3. The molecule has 0 spiro atoms. The molecule has 2 rings (SSSR count). The van der Waals surface area contributed by atoms with Gasteiger partial charge in [0.25, 0.3) is 0 Å². The van der Waals surface area contributed by atoms with E-state index in [4.69, 9.17) is 4.52 Å². The van der Waals surface area contributed by atoms with Crippen molar-refractivity contribution in [2.24, 2.45) is 4.99 Å². The Kier molecular flexibility index (Phi) is 9.05. The summed E-state index contributed by atoms with van der Waals surface area (Å²) in [6.07, 6.45) is 1.70. The van der Waals surface area contributed by atoms with Crippen molar-refractivity contribution in [2.45, 2.75) is 33.2 Å². The minimum absolute atomic E-state index is 0. The first kappa shape index (κ1) is 18.9. The molecule has 2 aromatic rings. The molecule has 22 heavy (non-hydrogen) atoms. The molecule has 0 saturated heterocycles. The lowest BCUT2D eigenvalue weighted by atomic mass is 10.3. The summed E-state index contributed by atoms with van der Waals surface area (Å²) in [5, 5.41) is 14.5. The summed E-state index contributed by atoms with van der Waals surface area (Å²) in [6.45, 7) is 6.24. The van der Waals surface area contributed by atoms with Gasteiger partial charge in [-0.15, -0.1) is 24.0 Å². The summed E-state index contributed by atoms with van der Waals surface area (Å²) in [7, 11) is 0. The Morgan fingerprint density at radius 3 is 2.91 bits per heavy atom. The molecule has 0 aliphatic heterocycles. The second-order valence-corrected chi connectivity index (χ2v) is 5.37. The lowest BCUT2D eigenvalue weighted by Gasteiger charge is -2.10. The van der Waals surface area contributed by atoms with Crippen LogP contribution in [0.1, 0.15) is 30.6 Å². The van der Waals surface area contributed by atoms with Crippen LogP contribution in [-0.2, 0) is 13.0 Å². The van der Waals surface area contributed by atoms with Crippen molar-refractivity contribution in [2.75, 3.05) is 13.1 Å². The predicted octanol–water partition coefficient (Wildman–Crippen LogP) is 2.75. The average molecular weight is 435 g/mol. The Labute approximate surface area is 151 Å². The molecule has 0 saturated carbocycles. The van der Waals surface area contributed by atoms with E-state index in [9.17, 15) is 0 Å². The highest BCUT2D eigenvalue weighted by Crippen LogP contribution is 2.06. The molecule has 0 unspecified atom stereocenters. The molecule has 0 amide bonds. The maximum absolute atomic E-state index is 5.08. The highest BCUT2D eigenvalue weighted by molar-refractivity contribution is 14.0. The largest absolute Gasteiger partial charge is 0.357 e. The van der Waals surface area contributed by atoms with E-state index < -0.39 is 0 Å². The van der Waals surface area contributed by atoms with Gasteiger partial charge in [-0.3, -0.25) is 0 Å². The number of rotatable bonds is 7. The van der Waals surface area contributed by atoms with Gasteiger partial charge in [0.2, 0.25) is 5.89 Å². The monoisotopic (exact) mass is 435 g/mol. The Bertz CT molecular complexity index is 555. The van der Waals surface area contributed by atoms with E-state index in [-0.39, 0.29) is 24.0 Å². The molecular weight excluding hydrogens is 413 g/mol. The molecule has 6 nitrogen and oxygen atoms in total. The van der Waals surface area contributed by atoms with Crippen molar-refractivity contribution in [3.8, 4) is 0 Å². The Morgan fingerprint density at radius 2 is 2.27 bits per heavy atom. The number of thiophene rings is 1. The van der Waals surface area contributed by atoms with Crippen molar-refractivity contribution < 1.29 is 4.52 Å². The summed E-state index contributed by atoms with van der Waals surface area (Å²) >= 11 is 1.69. The minimum Gasteiger partial charge on any atom is -0.357 e. The minimum atomic E-state index is 0. The van der Waals surface area contributed by atoms with E-state index in [2.05, 4.69) is 49.5 Å². The van der Waals surface area contributed by atoms with Crippen molar-refractivity contribution in [3.63, 3.8) is 0 Å².